The Kier molecular flexibility index (Phi) is 4.14. The number of hydrogen-bond acceptors (Lipinski definition) is 3. The van der Waals surface area contributed by atoms with Crippen molar-refractivity contribution in [2.75, 3.05) is 19.7 Å². The second-order valence-corrected chi connectivity index (χ2v) is 4.32. The number of aromatic amines is 1. The molecule has 0 saturated carbocycles. The Morgan fingerprint density at radius 2 is 2.59 bits per heavy atom. The topological polar surface area (TPSA) is 58.2 Å². The molecule has 94 valence electrons. The zero-order valence-corrected chi connectivity index (χ0v) is 10.2. The molecule has 0 radical (unpaired) electrons. The largest absolute Gasteiger partial charge is 0.376 e. The summed E-state index contributed by atoms with van der Waals surface area (Å²) in [6.07, 6.45) is 6.55. The number of amides is 1. The molecule has 0 spiro atoms. The Bertz CT molecular complexity index is 345. The van der Waals surface area contributed by atoms with Crippen LogP contribution in [0.25, 0.3) is 0 Å². The van der Waals surface area contributed by atoms with E-state index in [0.717, 1.165) is 32.4 Å². The summed E-state index contributed by atoms with van der Waals surface area (Å²) in [4.78, 5) is 20.9. The van der Waals surface area contributed by atoms with E-state index in [1.807, 2.05) is 4.90 Å². The lowest BCUT2D eigenvalue weighted by Gasteiger charge is -2.24. The lowest BCUT2D eigenvalue weighted by Crippen LogP contribution is -2.38. The first-order chi connectivity index (χ1) is 8.31. The number of nitrogens with zero attached hydrogens (tertiary/aromatic N) is 2. The molecule has 1 atom stereocenters. The van der Waals surface area contributed by atoms with Crippen molar-refractivity contribution in [2.24, 2.45) is 0 Å². The third kappa shape index (κ3) is 3.06. The first-order valence-corrected chi connectivity index (χ1v) is 6.21. The van der Waals surface area contributed by atoms with Crippen molar-refractivity contribution >= 4 is 5.91 Å². The van der Waals surface area contributed by atoms with Gasteiger partial charge in [0.2, 0.25) is 0 Å². The van der Waals surface area contributed by atoms with Crippen molar-refractivity contribution in [3.63, 3.8) is 0 Å². The minimum Gasteiger partial charge on any atom is -0.376 e. The first-order valence-electron chi connectivity index (χ1n) is 6.21. The Morgan fingerprint density at radius 1 is 1.71 bits per heavy atom. The van der Waals surface area contributed by atoms with Crippen molar-refractivity contribution in [3.05, 3.63) is 18.2 Å². The number of rotatable bonds is 5. The molecule has 1 aromatic heterocycles. The van der Waals surface area contributed by atoms with Crippen LogP contribution < -0.4 is 0 Å². The highest BCUT2D eigenvalue weighted by molar-refractivity contribution is 5.90. The van der Waals surface area contributed by atoms with Gasteiger partial charge in [0.25, 0.3) is 5.91 Å². The number of aromatic nitrogens is 2. The van der Waals surface area contributed by atoms with Crippen LogP contribution in [0.4, 0.5) is 0 Å². The van der Waals surface area contributed by atoms with Gasteiger partial charge >= 0.3 is 0 Å². The van der Waals surface area contributed by atoms with Crippen LogP contribution in [0.5, 0.6) is 0 Å². The van der Waals surface area contributed by atoms with Gasteiger partial charge in [-0.1, -0.05) is 6.92 Å². The minimum atomic E-state index is -0.0349. The molecule has 1 aliphatic heterocycles. The average molecular weight is 237 g/mol. The van der Waals surface area contributed by atoms with Crippen molar-refractivity contribution in [3.8, 4) is 0 Å². The van der Waals surface area contributed by atoms with Gasteiger partial charge in [0, 0.05) is 32.1 Å². The van der Waals surface area contributed by atoms with Gasteiger partial charge in [0.1, 0.15) is 0 Å². The molecule has 0 unspecified atom stereocenters. The van der Waals surface area contributed by atoms with Crippen LogP contribution in [0.2, 0.25) is 0 Å². The highest BCUT2D eigenvalue weighted by atomic mass is 16.5. The fourth-order valence-electron chi connectivity index (χ4n) is 2.11. The van der Waals surface area contributed by atoms with Crippen LogP contribution in [0.3, 0.4) is 0 Å². The summed E-state index contributed by atoms with van der Waals surface area (Å²) in [5, 5.41) is 0. The van der Waals surface area contributed by atoms with E-state index >= 15 is 0 Å². The van der Waals surface area contributed by atoms with E-state index in [9.17, 15) is 4.79 Å². The molecule has 1 aliphatic rings. The van der Waals surface area contributed by atoms with E-state index in [-0.39, 0.29) is 12.0 Å². The molecule has 0 aliphatic carbocycles. The van der Waals surface area contributed by atoms with Crippen LogP contribution >= 0.6 is 0 Å². The Hall–Kier alpha value is -1.36. The predicted molar refractivity (Wildman–Crippen MR) is 63.8 cm³/mol. The summed E-state index contributed by atoms with van der Waals surface area (Å²) in [5.74, 6) is 0.379. The molecule has 17 heavy (non-hydrogen) atoms. The van der Waals surface area contributed by atoms with Gasteiger partial charge in [-0.25, -0.2) is 4.98 Å². The zero-order chi connectivity index (χ0) is 12.1. The summed E-state index contributed by atoms with van der Waals surface area (Å²) < 4.78 is 5.57. The summed E-state index contributed by atoms with van der Waals surface area (Å²) in [6.45, 7) is 4.31. The monoisotopic (exact) mass is 237 g/mol. The van der Waals surface area contributed by atoms with E-state index in [2.05, 4.69) is 16.9 Å². The van der Waals surface area contributed by atoms with Gasteiger partial charge < -0.3 is 14.6 Å². The van der Waals surface area contributed by atoms with E-state index in [1.54, 1.807) is 12.4 Å². The molecule has 2 heterocycles. The van der Waals surface area contributed by atoms with Crippen molar-refractivity contribution in [2.45, 2.75) is 32.3 Å². The number of carbonyl (C=O) groups is 1. The van der Waals surface area contributed by atoms with Gasteiger partial charge in [-0.15, -0.1) is 0 Å². The third-order valence-electron chi connectivity index (χ3n) is 2.93. The first kappa shape index (κ1) is 12.1. The Morgan fingerprint density at radius 3 is 3.18 bits per heavy atom. The van der Waals surface area contributed by atoms with E-state index in [4.69, 9.17) is 4.74 Å². The van der Waals surface area contributed by atoms with Crippen molar-refractivity contribution in [1.29, 1.82) is 0 Å². The molecule has 5 heteroatoms. The summed E-state index contributed by atoms with van der Waals surface area (Å²) >= 11 is 0. The van der Waals surface area contributed by atoms with Gasteiger partial charge in [0.15, 0.2) is 5.82 Å². The fraction of sp³-hybridized carbons (Fsp3) is 0.667. The van der Waals surface area contributed by atoms with Crippen LogP contribution in [0.15, 0.2) is 12.4 Å². The van der Waals surface area contributed by atoms with Crippen LogP contribution in [0, 0.1) is 0 Å². The van der Waals surface area contributed by atoms with Crippen LogP contribution in [-0.4, -0.2) is 46.6 Å². The smallest absolute Gasteiger partial charge is 0.289 e. The van der Waals surface area contributed by atoms with Gasteiger partial charge in [0.05, 0.1) is 6.10 Å². The van der Waals surface area contributed by atoms with Crippen molar-refractivity contribution in [1.82, 2.24) is 14.9 Å². The SMILES string of the molecule is CCCN(C[C@@H]1CCCO1)C(=O)c1ncc[nH]1. The Balaban J connectivity index is 1.98. The van der Waals surface area contributed by atoms with Gasteiger partial charge in [-0.05, 0) is 19.3 Å². The normalized spacial score (nSPS) is 19.5. The molecule has 1 saturated heterocycles. The minimum absolute atomic E-state index is 0.0349. The molecule has 1 fully saturated rings. The second-order valence-electron chi connectivity index (χ2n) is 4.32. The highest BCUT2D eigenvalue weighted by Gasteiger charge is 2.23. The summed E-state index contributed by atoms with van der Waals surface area (Å²) in [7, 11) is 0. The molecular formula is C12H19N3O2. The number of ether oxygens (including phenoxy) is 1. The maximum atomic E-state index is 12.2. The fourth-order valence-corrected chi connectivity index (χ4v) is 2.11. The van der Waals surface area contributed by atoms with E-state index in [0.29, 0.717) is 12.4 Å². The summed E-state index contributed by atoms with van der Waals surface area (Å²) in [5.41, 5.74) is 0. The number of H-pyrrole nitrogens is 1. The molecule has 0 aromatic carbocycles. The van der Waals surface area contributed by atoms with Gasteiger partial charge in [-0.2, -0.15) is 0 Å². The average Bonchev–Trinajstić information content (AvgIpc) is 3.00. The number of hydrogen-bond donors (Lipinski definition) is 1. The maximum Gasteiger partial charge on any atom is 0.289 e. The molecule has 2 rings (SSSR count). The van der Waals surface area contributed by atoms with E-state index < -0.39 is 0 Å². The molecule has 5 nitrogen and oxygen atoms in total. The predicted octanol–water partition coefficient (Wildman–Crippen LogP) is 1.44. The molecule has 1 aromatic rings. The number of carbonyl (C=O) groups excluding carboxylic acids is 1. The summed E-state index contributed by atoms with van der Waals surface area (Å²) in [6, 6.07) is 0. The van der Waals surface area contributed by atoms with Crippen molar-refractivity contribution < 1.29 is 9.53 Å². The molecule has 0 bridgehead atoms. The second kappa shape index (κ2) is 5.82. The standard InChI is InChI=1S/C12H19N3O2/c1-2-7-15(9-10-4-3-8-17-10)12(16)11-13-5-6-14-11/h5-6,10H,2-4,7-9H2,1H3,(H,13,14)/t10-/m0/s1. The van der Waals surface area contributed by atoms with E-state index in [1.165, 1.54) is 0 Å². The Labute approximate surface area is 101 Å². The molecule has 1 N–H and O–H groups in total. The zero-order valence-electron chi connectivity index (χ0n) is 10.2. The highest BCUT2D eigenvalue weighted by Crippen LogP contribution is 2.14. The van der Waals surface area contributed by atoms with Gasteiger partial charge in [-0.3, -0.25) is 4.79 Å². The molecule has 1 amide bonds. The van der Waals surface area contributed by atoms with Crippen LogP contribution in [0.1, 0.15) is 36.8 Å². The number of imidazole rings is 1. The molecular weight excluding hydrogens is 218 g/mol. The van der Waals surface area contributed by atoms with Crippen LogP contribution in [-0.2, 0) is 4.74 Å². The number of nitrogens with one attached hydrogen (secondary N) is 1. The maximum absolute atomic E-state index is 12.2. The third-order valence-corrected chi connectivity index (χ3v) is 2.93. The quantitative estimate of drug-likeness (QED) is 0.843. The lowest BCUT2D eigenvalue weighted by molar-refractivity contribution is 0.0518. The lowest BCUT2D eigenvalue weighted by atomic mass is 10.2.